The predicted octanol–water partition coefficient (Wildman–Crippen LogP) is 3.33. The number of hydrogen-bond acceptors (Lipinski definition) is 2. The van der Waals surface area contributed by atoms with Crippen LogP contribution in [0, 0.1) is 6.92 Å². The Kier molecular flexibility index (Phi) is 3.51. The molecule has 1 atom stereocenters. The molecule has 2 aromatic rings. The maximum atomic E-state index is 12.4. The average Bonchev–Trinajstić information content (AvgIpc) is 2.75. The molecule has 0 radical (unpaired) electrons. The largest absolute Gasteiger partial charge is 0.390 e. The molecule has 2 aromatic heterocycles. The summed E-state index contributed by atoms with van der Waals surface area (Å²) in [4.78, 5) is 4.31. The summed E-state index contributed by atoms with van der Waals surface area (Å²) < 4.78 is 40.2. The van der Waals surface area contributed by atoms with Crippen molar-refractivity contribution in [3.63, 3.8) is 0 Å². The Labute approximate surface area is 113 Å². The van der Waals surface area contributed by atoms with Crippen molar-refractivity contribution in [3.8, 4) is 0 Å². The van der Waals surface area contributed by atoms with Crippen molar-refractivity contribution in [2.45, 2.75) is 38.4 Å². The van der Waals surface area contributed by atoms with Gasteiger partial charge in [0.15, 0.2) is 5.65 Å². The van der Waals surface area contributed by atoms with E-state index >= 15 is 0 Å². The van der Waals surface area contributed by atoms with E-state index < -0.39 is 18.0 Å². The van der Waals surface area contributed by atoms with Gasteiger partial charge in [0.05, 0.1) is 17.5 Å². The Morgan fingerprint density at radius 1 is 1.37 bits per heavy atom. The lowest BCUT2D eigenvalue weighted by atomic mass is 10.3. The highest BCUT2D eigenvalue weighted by Gasteiger charge is 2.29. The monoisotopic (exact) mass is 294 g/mol. The van der Waals surface area contributed by atoms with Gasteiger partial charge in [-0.15, -0.1) is 11.6 Å². The summed E-state index contributed by atoms with van der Waals surface area (Å²) in [5, 5.41) is 3.71. The van der Waals surface area contributed by atoms with E-state index in [-0.39, 0.29) is 6.54 Å². The molecule has 8 heteroatoms. The standard InChI is InChI=1S/C11H14ClF3N4/c1-6(12)9-16-8-7(2)17-18(3)10(8)19(9)5-4-11(13,14)15/h6H,4-5H2,1-3H3. The van der Waals surface area contributed by atoms with Crippen LogP contribution in [0.2, 0.25) is 0 Å². The van der Waals surface area contributed by atoms with Crippen molar-refractivity contribution < 1.29 is 13.2 Å². The van der Waals surface area contributed by atoms with Gasteiger partial charge < -0.3 is 4.57 Å². The minimum Gasteiger partial charge on any atom is -0.311 e. The molecule has 1 unspecified atom stereocenters. The second kappa shape index (κ2) is 4.70. The van der Waals surface area contributed by atoms with Gasteiger partial charge in [-0.05, 0) is 13.8 Å². The molecule has 2 rings (SSSR count). The lowest BCUT2D eigenvalue weighted by Gasteiger charge is -2.12. The average molecular weight is 295 g/mol. The third-order valence-electron chi connectivity index (χ3n) is 2.89. The molecule has 0 aliphatic rings. The number of alkyl halides is 4. The van der Waals surface area contributed by atoms with Gasteiger partial charge in [-0.3, -0.25) is 4.68 Å². The van der Waals surface area contributed by atoms with Crippen LogP contribution < -0.4 is 0 Å². The van der Waals surface area contributed by atoms with E-state index in [1.54, 1.807) is 20.9 Å². The van der Waals surface area contributed by atoms with Crippen LogP contribution in [0.3, 0.4) is 0 Å². The van der Waals surface area contributed by atoms with Crippen molar-refractivity contribution in [1.82, 2.24) is 19.3 Å². The number of fused-ring (bicyclic) bond motifs is 1. The molecule has 106 valence electrons. The zero-order valence-corrected chi connectivity index (χ0v) is 11.5. The van der Waals surface area contributed by atoms with E-state index in [1.165, 1.54) is 9.25 Å². The molecule has 0 N–H and O–H groups in total. The first-order valence-electron chi connectivity index (χ1n) is 5.81. The van der Waals surface area contributed by atoms with Gasteiger partial charge in [-0.25, -0.2) is 4.98 Å². The van der Waals surface area contributed by atoms with Crippen molar-refractivity contribution in [3.05, 3.63) is 11.5 Å². The zero-order chi connectivity index (χ0) is 14.4. The van der Waals surface area contributed by atoms with Crippen LogP contribution in [0.4, 0.5) is 13.2 Å². The van der Waals surface area contributed by atoms with E-state index in [0.29, 0.717) is 22.7 Å². The number of rotatable bonds is 3. The molecule has 0 bridgehead atoms. The van der Waals surface area contributed by atoms with E-state index in [1.807, 2.05) is 0 Å². The first kappa shape index (κ1) is 14.2. The summed E-state index contributed by atoms with van der Waals surface area (Å²) >= 11 is 6.00. The fourth-order valence-electron chi connectivity index (χ4n) is 2.11. The highest BCUT2D eigenvalue weighted by molar-refractivity contribution is 6.20. The van der Waals surface area contributed by atoms with Gasteiger partial charge in [0.1, 0.15) is 11.3 Å². The van der Waals surface area contributed by atoms with Gasteiger partial charge in [0.2, 0.25) is 0 Å². The summed E-state index contributed by atoms with van der Waals surface area (Å²) in [5.74, 6) is 0.442. The van der Waals surface area contributed by atoms with Gasteiger partial charge in [0.25, 0.3) is 0 Å². The number of aromatic nitrogens is 4. The molecular formula is C11H14ClF3N4. The third kappa shape index (κ3) is 2.70. The number of nitrogens with zero attached hydrogens (tertiary/aromatic N) is 4. The van der Waals surface area contributed by atoms with Crippen LogP contribution in [0.5, 0.6) is 0 Å². The Morgan fingerprint density at radius 3 is 2.53 bits per heavy atom. The summed E-state index contributed by atoms with van der Waals surface area (Å²) in [6, 6.07) is 0. The highest BCUT2D eigenvalue weighted by atomic mass is 35.5. The Bertz CT molecular complexity index is 597. The molecule has 0 saturated heterocycles. The van der Waals surface area contributed by atoms with Gasteiger partial charge in [-0.1, -0.05) is 0 Å². The minimum atomic E-state index is -4.21. The van der Waals surface area contributed by atoms with Crippen molar-refractivity contribution in [2.75, 3.05) is 0 Å². The molecular weight excluding hydrogens is 281 g/mol. The van der Waals surface area contributed by atoms with E-state index in [9.17, 15) is 13.2 Å². The molecule has 0 fully saturated rings. The Hall–Kier alpha value is -1.24. The molecule has 4 nitrogen and oxygen atoms in total. The Balaban J connectivity index is 2.51. The molecule has 0 amide bonds. The highest BCUT2D eigenvalue weighted by Crippen LogP contribution is 2.28. The zero-order valence-electron chi connectivity index (χ0n) is 10.8. The van der Waals surface area contributed by atoms with Crippen LogP contribution in [0.1, 0.15) is 30.2 Å². The maximum Gasteiger partial charge on any atom is 0.390 e. The molecule has 19 heavy (non-hydrogen) atoms. The molecule has 0 spiro atoms. The maximum absolute atomic E-state index is 12.4. The number of hydrogen-bond donors (Lipinski definition) is 0. The van der Waals surface area contributed by atoms with E-state index in [0.717, 1.165) is 0 Å². The van der Waals surface area contributed by atoms with E-state index in [2.05, 4.69) is 10.1 Å². The molecule has 2 heterocycles. The smallest absolute Gasteiger partial charge is 0.311 e. The first-order valence-corrected chi connectivity index (χ1v) is 6.25. The molecule has 0 aliphatic heterocycles. The summed E-state index contributed by atoms with van der Waals surface area (Å²) in [6.07, 6.45) is -5.13. The third-order valence-corrected chi connectivity index (χ3v) is 3.09. The molecule has 0 saturated carbocycles. The van der Waals surface area contributed by atoms with Crippen molar-refractivity contribution in [2.24, 2.45) is 7.05 Å². The normalized spacial score (nSPS) is 14.3. The van der Waals surface area contributed by atoms with Gasteiger partial charge in [0, 0.05) is 13.6 Å². The minimum absolute atomic E-state index is 0.203. The number of halogens is 4. The van der Waals surface area contributed by atoms with Crippen LogP contribution in [-0.2, 0) is 13.6 Å². The van der Waals surface area contributed by atoms with E-state index in [4.69, 9.17) is 11.6 Å². The van der Waals surface area contributed by atoms with Gasteiger partial charge in [-0.2, -0.15) is 18.3 Å². The fraction of sp³-hybridized carbons (Fsp3) is 0.636. The fourth-order valence-corrected chi connectivity index (χ4v) is 2.28. The van der Waals surface area contributed by atoms with Gasteiger partial charge >= 0.3 is 6.18 Å². The lowest BCUT2D eigenvalue weighted by Crippen LogP contribution is -2.15. The van der Waals surface area contributed by atoms with Crippen LogP contribution >= 0.6 is 11.6 Å². The molecule has 0 aliphatic carbocycles. The molecule has 0 aromatic carbocycles. The predicted molar refractivity (Wildman–Crippen MR) is 66.2 cm³/mol. The first-order chi connectivity index (χ1) is 8.70. The summed E-state index contributed by atoms with van der Waals surface area (Å²) in [5.41, 5.74) is 1.86. The van der Waals surface area contributed by atoms with Crippen molar-refractivity contribution >= 4 is 22.8 Å². The summed E-state index contributed by atoms with van der Waals surface area (Å²) in [7, 11) is 1.68. The SMILES string of the molecule is Cc1nn(C)c2c1nc(C(C)Cl)n2CCC(F)(F)F. The lowest BCUT2D eigenvalue weighted by molar-refractivity contribution is -0.136. The topological polar surface area (TPSA) is 35.6 Å². The Morgan fingerprint density at radius 2 is 2.00 bits per heavy atom. The number of aryl methyl sites for hydroxylation is 3. The second-order valence-electron chi connectivity index (χ2n) is 4.48. The van der Waals surface area contributed by atoms with Crippen molar-refractivity contribution in [1.29, 1.82) is 0 Å². The van der Waals surface area contributed by atoms with Crippen LogP contribution in [0.25, 0.3) is 11.2 Å². The van der Waals surface area contributed by atoms with Crippen LogP contribution in [-0.4, -0.2) is 25.5 Å². The second-order valence-corrected chi connectivity index (χ2v) is 5.14. The van der Waals surface area contributed by atoms with Crippen LogP contribution in [0.15, 0.2) is 0 Å². The quantitative estimate of drug-likeness (QED) is 0.814. The number of imidazole rings is 1. The summed E-state index contributed by atoms with van der Waals surface area (Å²) in [6.45, 7) is 3.26.